The van der Waals surface area contributed by atoms with Gasteiger partial charge in [0.2, 0.25) is 0 Å². The number of benzene rings is 1. The Bertz CT molecular complexity index is 655. The Kier molecular flexibility index (Phi) is 9.37. The molecule has 28 heavy (non-hydrogen) atoms. The van der Waals surface area contributed by atoms with E-state index in [9.17, 15) is 0 Å². The molecule has 1 N–H and O–H groups in total. The van der Waals surface area contributed by atoms with E-state index in [1.54, 1.807) is 0 Å². The van der Waals surface area contributed by atoms with E-state index in [1.807, 2.05) is 18.8 Å². The molecule has 2 aliphatic rings. The summed E-state index contributed by atoms with van der Waals surface area (Å²) in [6.07, 6.45) is 0.332. The van der Waals surface area contributed by atoms with Crippen molar-refractivity contribution in [3.8, 4) is 0 Å². The topological polar surface area (TPSA) is 40.1 Å². The Morgan fingerprint density at radius 1 is 1.32 bits per heavy atom. The fourth-order valence-corrected chi connectivity index (χ4v) is 4.95. The van der Waals surface area contributed by atoms with Crippen LogP contribution in [0, 0.1) is 0 Å². The summed E-state index contributed by atoms with van der Waals surface area (Å²) in [7, 11) is 1.88. The van der Waals surface area contributed by atoms with Crippen molar-refractivity contribution < 1.29 is 4.74 Å². The van der Waals surface area contributed by atoms with Crippen LogP contribution in [0.4, 0.5) is 0 Å². The number of morpholine rings is 1. The first kappa shape index (κ1) is 23.8. The van der Waals surface area contributed by atoms with Crippen molar-refractivity contribution in [2.24, 2.45) is 4.99 Å². The Morgan fingerprint density at radius 2 is 2.11 bits per heavy atom. The van der Waals surface area contributed by atoms with Gasteiger partial charge in [0.05, 0.1) is 12.7 Å². The van der Waals surface area contributed by atoms with Crippen LogP contribution in [0.2, 0.25) is 0 Å². The number of rotatable bonds is 4. The van der Waals surface area contributed by atoms with Crippen molar-refractivity contribution in [2.45, 2.75) is 44.7 Å². The first-order valence-corrected chi connectivity index (χ1v) is 10.9. The second kappa shape index (κ2) is 11.0. The lowest BCUT2D eigenvalue weighted by Gasteiger charge is -2.39. The van der Waals surface area contributed by atoms with E-state index >= 15 is 0 Å². The minimum atomic E-state index is 0. The first-order valence-electron chi connectivity index (χ1n) is 9.96. The molecule has 1 aromatic rings. The van der Waals surface area contributed by atoms with Gasteiger partial charge in [0.25, 0.3) is 0 Å². The van der Waals surface area contributed by atoms with Crippen molar-refractivity contribution in [3.63, 3.8) is 0 Å². The van der Waals surface area contributed by atoms with Gasteiger partial charge in [-0.15, -0.1) is 24.0 Å². The quantitative estimate of drug-likeness (QED) is 0.376. The van der Waals surface area contributed by atoms with Gasteiger partial charge >= 0.3 is 0 Å². The molecule has 1 atom stereocenters. The van der Waals surface area contributed by atoms with Gasteiger partial charge in [0.1, 0.15) is 0 Å². The number of halogens is 1. The monoisotopic (exact) mass is 518 g/mol. The summed E-state index contributed by atoms with van der Waals surface area (Å²) in [6.45, 7) is 13.5. The highest BCUT2D eigenvalue weighted by Crippen LogP contribution is 2.29. The van der Waals surface area contributed by atoms with Crippen LogP contribution in [0.25, 0.3) is 0 Å². The molecule has 1 aromatic carbocycles. The second-order valence-electron chi connectivity index (χ2n) is 8.17. The molecule has 0 bridgehead atoms. The fourth-order valence-electron chi connectivity index (χ4n) is 3.84. The van der Waals surface area contributed by atoms with E-state index in [4.69, 9.17) is 4.74 Å². The van der Waals surface area contributed by atoms with Gasteiger partial charge in [-0.2, -0.15) is 11.8 Å². The van der Waals surface area contributed by atoms with Crippen LogP contribution >= 0.6 is 35.7 Å². The summed E-state index contributed by atoms with van der Waals surface area (Å²) in [6, 6.07) is 8.90. The third-order valence-corrected chi connectivity index (χ3v) is 6.41. The number of ether oxygens (including phenoxy) is 1. The predicted octanol–water partition coefficient (Wildman–Crippen LogP) is 3.43. The molecular formula is C21H35IN4OS. The van der Waals surface area contributed by atoms with E-state index in [0.717, 1.165) is 57.6 Å². The smallest absolute Gasteiger partial charge is 0.193 e. The number of nitrogens with one attached hydrogen (secondary N) is 1. The zero-order valence-corrected chi connectivity index (χ0v) is 20.8. The van der Waals surface area contributed by atoms with Crippen LogP contribution in [-0.4, -0.2) is 72.2 Å². The van der Waals surface area contributed by atoms with Gasteiger partial charge in [0, 0.05) is 56.8 Å². The lowest BCUT2D eigenvalue weighted by Crippen LogP contribution is -2.50. The van der Waals surface area contributed by atoms with Crippen LogP contribution in [0.1, 0.15) is 31.9 Å². The minimum Gasteiger partial charge on any atom is -0.376 e. The molecule has 0 saturated carbocycles. The summed E-state index contributed by atoms with van der Waals surface area (Å²) < 4.78 is 5.93. The maximum Gasteiger partial charge on any atom is 0.193 e. The molecule has 2 heterocycles. The highest BCUT2D eigenvalue weighted by atomic mass is 127. The average molecular weight is 519 g/mol. The lowest BCUT2D eigenvalue weighted by atomic mass is 10.1. The van der Waals surface area contributed by atoms with Crippen molar-refractivity contribution in [1.82, 2.24) is 15.1 Å². The van der Waals surface area contributed by atoms with Gasteiger partial charge in [0.15, 0.2) is 5.96 Å². The predicted molar refractivity (Wildman–Crippen MR) is 131 cm³/mol. The first-order chi connectivity index (χ1) is 12.9. The van der Waals surface area contributed by atoms with Crippen LogP contribution < -0.4 is 5.32 Å². The van der Waals surface area contributed by atoms with Gasteiger partial charge in [-0.3, -0.25) is 9.89 Å². The molecule has 7 heteroatoms. The Morgan fingerprint density at radius 3 is 2.82 bits per heavy atom. The SMILES string of the molecule is CN=C(NCc1cccc(CN2CCOC(C)C2)c1)N1CCSC(C)(C)C1.I. The molecule has 2 aliphatic heterocycles. The van der Waals surface area contributed by atoms with E-state index < -0.39 is 0 Å². The molecule has 0 aromatic heterocycles. The lowest BCUT2D eigenvalue weighted by molar-refractivity contribution is -0.0212. The molecule has 158 valence electrons. The summed E-state index contributed by atoms with van der Waals surface area (Å²) >= 11 is 2.05. The number of aliphatic imine (C=N–C) groups is 1. The van der Waals surface area contributed by atoms with Gasteiger partial charge in [-0.05, 0) is 31.9 Å². The van der Waals surface area contributed by atoms with Crippen molar-refractivity contribution in [1.29, 1.82) is 0 Å². The largest absolute Gasteiger partial charge is 0.376 e. The average Bonchev–Trinajstić information content (AvgIpc) is 2.62. The van der Waals surface area contributed by atoms with Crippen LogP contribution in [0.3, 0.4) is 0 Å². The zero-order chi connectivity index (χ0) is 19.3. The van der Waals surface area contributed by atoms with Gasteiger partial charge < -0.3 is 15.0 Å². The Hall–Kier alpha value is -0.510. The molecule has 2 fully saturated rings. The highest BCUT2D eigenvalue weighted by molar-refractivity contribution is 14.0. The van der Waals surface area contributed by atoms with Gasteiger partial charge in [-0.25, -0.2) is 0 Å². The van der Waals surface area contributed by atoms with E-state index in [0.29, 0.717) is 6.10 Å². The zero-order valence-electron chi connectivity index (χ0n) is 17.6. The molecule has 0 spiro atoms. The summed E-state index contributed by atoms with van der Waals surface area (Å²) in [5.41, 5.74) is 2.68. The second-order valence-corrected chi connectivity index (χ2v) is 9.97. The van der Waals surface area contributed by atoms with Crippen molar-refractivity contribution in [2.75, 3.05) is 45.6 Å². The van der Waals surface area contributed by atoms with E-state index in [-0.39, 0.29) is 28.7 Å². The van der Waals surface area contributed by atoms with E-state index in [2.05, 4.69) is 65.1 Å². The van der Waals surface area contributed by atoms with Gasteiger partial charge in [-0.1, -0.05) is 24.3 Å². The number of thioether (sulfide) groups is 1. The number of nitrogens with zero attached hydrogens (tertiary/aromatic N) is 3. The Balaban J connectivity index is 0.00000280. The molecule has 1 unspecified atom stereocenters. The summed E-state index contributed by atoms with van der Waals surface area (Å²) in [4.78, 5) is 9.38. The fraction of sp³-hybridized carbons (Fsp3) is 0.667. The molecule has 3 rings (SSSR count). The summed E-state index contributed by atoms with van der Waals surface area (Å²) in [5.74, 6) is 2.16. The molecule has 0 aliphatic carbocycles. The maximum absolute atomic E-state index is 5.65. The van der Waals surface area contributed by atoms with Crippen LogP contribution in [-0.2, 0) is 17.8 Å². The standard InChI is InChI=1S/C21H34N4OS.HI/c1-17-14-24(8-10-26-17)15-19-7-5-6-18(12-19)13-23-20(22-4)25-9-11-27-21(2,3)16-25;/h5-7,12,17H,8-11,13-16H2,1-4H3,(H,22,23);1H. The maximum atomic E-state index is 5.65. The third kappa shape index (κ3) is 7.07. The number of hydrogen-bond donors (Lipinski definition) is 1. The highest BCUT2D eigenvalue weighted by Gasteiger charge is 2.28. The molecular weight excluding hydrogens is 483 g/mol. The minimum absolute atomic E-state index is 0. The third-order valence-electron chi connectivity index (χ3n) is 5.11. The molecule has 5 nitrogen and oxygen atoms in total. The van der Waals surface area contributed by atoms with Crippen LogP contribution in [0.15, 0.2) is 29.3 Å². The summed E-state index contributed by atoms with van der Waals surface area (Å²) in [5, 5.41) is 3.56. The van der Waals surface area contributed by atoms with E-state index in [1.165, 1.54) is 11.1 Å². The van der Waals surface area contributed by atoms with Crippen LogP contribution in [0.5, 0.6) is 0 Å². The molecule has 0 amide bonds. The molecule has 0 radical (unpaired) electrons. The van der Waals surface area contributed by atoms with Crippen molar-refractivity contribution >= 4 is 41.7 Å². The van der Waals surface area contributed by atoms with Crippen molar-refractivity contribution in [3.05, 3.63) is 35.4 Å². The number of guanidine groups is 1. The Labute approximate surface area is 191 Å². The normalized spacial score (nSPS) is 23.2. The molecule has 2 saturated heterocycles. The number of hydrogen-bond acceptors (Lipinski definition) is 4.